The first-order chi connectivity index (χ1) is 18.7. The van der Waals surface area contributed by atoms with E-state index in [1.807, 2.05) is 24.5 Å². The second-order valence-electron chi connectivity index (χ2n) is 11.2. The molecule has 0 unspecified atom stereocenters. The summed E-state index contributed by atoms with van der Waals surface area (Å²) in [6, 6.07) is 6.81. The zero-order chi connectivity index (χ0) is 25.5. The number of fused-ring (bicyclic) bond motifs is 4. The zero-order valence-corrected chi connectivity index (χ0v) is 21.9. The van der Waals surface area contributed by atoms with Crippen LogP contribution in [-0.4, -0.2) is 75.8 Å². The Hall–Kier alpha value is -3.24. The van der Waals surface area contributed by atoms with Crippen LogP contribution in [0.2, 0.25) is 0 Å². The number of hydrogen-bond donors (Lipinski definition) is 2. The number of rotatable bonds is 4. The van der Waals surface area contributed by atoms with Gasteiger partial charge in [0, 0.05) is 43.8 Å². The van der Waals surface area contributed by atoms with E-state index in [9.17, 15) is 4.79 Å². The highest BCUT2D eigenvalue weighted by molar-refractivity contribution is 5.96. The summed E-state index contributed by atoms with van der Waals surface area (Å²) in [6.45, 7) is 5.94. The van der Waals surface area contributed by atoms with Crippen LogP contribution in [0.1, 0.15) is 51.4 Å². The van der Waals surface area contributed by atoms with E-state index >= 15 is 0 Å². The summed E-state index contributed by atoms with van der Waals surface area (Å²) in [4.78, 5) is 31.7. The maximum Gasteiger partial charge on any atom is 0.230 e. The molecule has 38 heavy (non-hydrogen) atoms. The Morgan fingerprint density at radius 1 is 1.00 bits per heavy atom. The number of nitrogens with zero attached hydrogens (tertiary/aromatic N) is 6. The number of aromatic nitrogens is 4. The summed E-state index contributed by atoms with van der Waals surface area (Å²) >= 11 is 0. The quantitative estimate of drug-likeness (QED) is 0.539. The molecule has 1 amide bonds. The molecule has 1 aliphatic carbocycles. The maximum absolute atomic E-state index is 12.5. The summed E-state index contributed by atoms with van der Waals surface area (Å²) in [6.07, 6.45) is 12.2. The fourth-order valence-electron chi connectivity index (χ4n) is 6.99. The largest absolute Gasteiger partial charge is 0.379 e. The van der Waals surface area contributed by atoms with E-state index in [2.05, 4.69) is 41.0 Å². The Morgan fingerprint density at radius 2 is 1.82 bits per heavy atom. The minimum absolute atomic E-state index is 0.100. The Kier molecular flexibility index (Phi) is 6.16. The van der Waals surface area contributed by atoms with Crippen molar-refractivity contribution in [3.05, 3.63) is 30.6 Å². The summed E-state index contributed by atoms with van der Waals surface area (Å²) in [7, 11) is 0. The van der Waals surface area contributed by atoms with Gasteiger partial charge in [-0.2, -0.15) is 4.98 Å². The van der Waals surface area contributed by atoms with E-state index in [-0.39, 0.29) is 11.4 Å². The smallest absolute Gasteiger partial charge is 0.230 e. The van der Waals surface area contributed by atoms with E-state index < -0.39 is 0 Å². The lowest BCUT2D eigenvalue weighted by molar-refractivity contribution is -0.119. The molecule has 10 heteroatoms. The molecule has 1 spiro atoms. The highest BCUT2D eigenvalue weighted by atomic mass is 16.5. The predicted molar refractivity (Wildman–Crippen MR) is 147 cm³/mol. The van der Waals surface area contributed by atoms with Gasteiger partial charge >= 0.3 is 0 Å². The third-order valence-corrected chi connectivity index (χ3v) is 8.94. The van der Waals surface area contributed by atoms with Gasteiger partial charge < -0.3 is 24.8 Å². The number of morpholine rings is 1. The van der Waals surface area contributed by atoms with Crippen molar-refractivity contribution in [2.45, 2.75) is 62.9 Å². The highest BCUT2D eigenvalue weighted by Gasteiger charge is 2.42. The first-order valence-corrected chi connectivity index (χ1v) is 14.2. The SMILES string of the molecule is O=C1CC2(CCCCC2)n2c(cc3cnc(Nc4ccc(N5CCC(N6CCOCC6)CC5)cn4)nc32)N1. The number of hydrogen-bond acceptors (Lipinski definition) is 8. The van der Waals surface area contributed by atoms with Gasteiger partial charge in [0.25, 0.3) is 0 Å². The van der Waals surface area contributed by atoms with Crippen molar-refractivity contribution < 1.29 is 9.53 Å². The molecule has 1 saturated carbocycles. The van der Waals surface area contributed by atoms with Crippen LogP contribution in [0.15, 0.2) is 30.6 Å². The second kappa shape index (κ2) is 9.81. The van der Waals surface area contributed by atoms with Gasteiger partial charge in [0.1, 0.15) is 17.3 Å². The van der Waals surface area contributed by atoms with Gasteiger partial charge in [-0.05, 0) is 43.9 Å². The molecule has 3 aliphatic heterocycles. The van der Waals surface area contributed by atoms with Crippen molar-refractivity contribution in [3.63, 3.8) is 0 Å². The highest BCUT2D eigenvalue weighted by Crippen LogP contribution is 2.45. The lowest BCUT2D eigenvalue weighted by atomic mass is 9.78. The van der Waals surface area contributed by atoms with Gasteiger partial charge in [0.2, 0.25) is 11.9 Å². The van der Waals surface area contributed by atoms with E-state index in [4.69, 9.17) is 9.72 Å². The number of carbonyl (C=O) groups is 1. The van der Waals surface area contributed by atoms with E-state index in [0.29, 0.717) is 18.4 Å². The molecule has 0 bridgehead atoms. The van der Waals surface area contributed by atoms with Gasteiger partial charge in [0.05, 0.1) is 37.1 Å². The van der Waals surface area contributed by atoms with Gasteiger partial charge in [0.15, 0.2) is 0 Å². The molecule has 7 rings (SSSR count). The zero-order valence-electron chi connectivity index (χ0n) is 21.9. The number of pyridine rings is 1. The van der Waals surface area contributed by atoms with Gasteiger partial charge in [-0.15, -0.1) is 0 Å². The number of anilines is 4. The lowest BCUT2D eigenvalue weighted by Gasteiger charge is -2.42. The minimum Gasteiger partial charge on any atom is -0.379 e. The molecule has 4 aliphatic rings. The van der Waals surface area contributed by atoms with Crippen molar-refractivity contribution in [1.82, 2.24) is 24.4 Å². The van der Waals surface area contributed by atoms with E-state index in [0.717, 1.165) is 93.4 Å². The monoisotopic (exact) mass is 516 g/mol. The predicted octanol–water partition coefficient (Wildman–Crippen LogP) is 3.87. The normalized spacial score (nSPS) is 22.4. The standard InChI is InChI=1S/C28H36N8O2/c37-25-17-28(8-2-1-3-9-28)36-24(32-25)16-20-18-30-27(33-26(20)36)31-23-5-4-22(19-29-23)34-10-6-21(7-11-34)35-12-14-38-15-13-35/h4-5,16,18-19,21H,1-3,6-15,17H2,(H,32,37)(H,29,30,31,33). The molecule has 0 radical (unpaired) electrons. The van der Waals surface area contributed by atoms with Gasteiger partial charge in [-0.25, -0.2) is 9.97 Å². The van der Waals surface area contributed by atoms with Crippen LogP contribution >= 0.6 is 0 Å². The lowest BCUT2D eigenvalue weighted by Crippen LogP contribution is -2.49. The molecule has 3 aromatic heterocycles. The van der Waals surface area contributed by atoms with E-state index in [1.54, 1.807) is 0 Å². The fourth-order valence-corrected chi connectivity index (χ4v) is 6.99. The Balaban J connectivity index is 1.06. The van der Waals surface area contributed by atoms with Gasteiger partial charge in [-0.3, -0.25) is 9.69 Å². The molecule has 3 aromatic rings. The van der Waals surface area contributed by atoms with Crippen molar-refractivity contribution >= 4 is 40.2 Å². The molecule has 10 nitrogen and oxygen atoms in total. The van der Waals surface area contributed by atoms with Crippen LogP contribution in [0.25, 0.3) is 11.0 Å². The first kappa shape index (κ1) is 23.8. The minimum atomic E-state index is -0.182. The molecule has 0 atom stereocenters. The van der Waals surface area contributed by atoms with Crippen molar-refractivity contribution in [1.29, 1.82) is 0 Å². The fraction of sp³-hybridized carbons (Fsp3) is 0.571. The summed E-state index contributed by atoms with van der Waals surface area (Å²) < 4.78 is 7.79. The number of amides is 1. The number of piperidine rings is 1. The number of ether oxygens (including phenoxy) is 1. The second-order valence-corrected chi connectivity index (χ2v) is 11.2. The molecule has 200 valence electrons. The van der Waals surface area contributed by atoms with E-state index in [1.165, 1.54) is 19.3 Å². The summed E-state index contributed by atoms with van der Waals surface area (Å²) in [5, 5.41) is 7.31. The molecule has 2 saturated heterocycles. The Labute approximate surface area is 222 Å². The van der Waals surface area contributed by atoms with Crippen LogP contribution < -0.4 is 15.5 Å². The summed E-state index contributed by atoms with van der Waals surface area (Å²) in [5.41, 5.74) is 1.85. The third-order valence-electron chi connectivity index (χ3n) is 8.94. The first-order valence-electron chi connectivity index (χ1n) is 14.2. The van der Waals surface area contributed by atoms with Crippen molar-refractivity contribution in [3.8, 4) is 0 Å². The molecule has 0 aromatic carbocycles. The molecule has 3 fully saturated rings. The van der Waals surface area contributed by atoms with Crippen LogP contribution in [-0.2, 0) is 15.1 Å². The Bertz CT molecular complexity index is 1300. The molecule has 2 N–H and O–H groups in total. The van der Waals surface area contributed by atoms with Crippen molar-refractivity contribution in [2.75, 3.05) is 54.9 Å². The molecular weight excluding hydrogens is 480 g/mol. The topological polar surface area (TPSA) is 100 Å². The third kappa shape index (κ3) is 4.39. The van der Waals surface area contributed by atoms with Crippen LogP contribution in [0.3, 0.4) is 0 Å². The summed E-state index contributed by atoms with van der Waals surface area (Å²) in [5.74, 6) is 2.18. The van der Waals surface area contributed by atoms with Crippen LogP contribution in [0.4, 0.5) is 23.3 Å². The van der Waals surface area contributed by atoms with Crippen LogP contribution in [0.5, 0.6) is 0 Å². The average Bonchev–Trinajstić information content (AvgIpc) is 3.33. The van der Waals surface area contributed by atoms with Gasteiger partial charge in [-0.1, -0.05) is 19.3 Å². The Morgan fingerprint density at radius 3 is 2.58 bits per heavy atom. The van der Waals surface area contributed by atoms with Crippen molar-refractivity contribution in [2.24, 2.45) is 0 Å². The number of nitrogens with one attached hydrogen (secondary N) is 2. The number of carbonyl (C=O) groups excluding carboxylic acids is 1. The molecule has 6 heterocycles. The average molecular weight is 517 g/mol. The maximum atomic E-state index is 12.5. The molecular formula is C28H36N8O2. The van der Waals surface area contributed by atoms with Crippen LogP contribution in [0, 0.1) is 0 Å².